The van der Waals surface area contributed by atoms with Gasteiger partial charge in [0, 0.05) is 18.5 Å². The van der Waals surface area contributed by atoms with Gasteiger partial charge in [0.15, 0.2) is 5.12 Å². The monoisotopic (exact) mass is 413 g/mol. The van der Waals surface area contributed by atoms with Gasteiger partial charge in [0.2, 0.25) is 0 Å². The number of aliphatic carboxylic acids is 1. The number of carbonyl (C=O) groups is 2. The van der Waals surface area contributed by atoms with Gasteiger partial charge in [-0.05, 0) is 13.0 Å². The molecule has 0 saturated heterocycles. The lowest BCUT2D eigenvalue weighted by Gasteiger charge is -2.10. The third-order valence-electron chi connectivity index (χ3n) is 4.63. The average molecular weight is 414 g/mol. The highest BCUT2D eigenvalue weighted by Gasteiger charge is 2.18. The molecule has 0 amide bonds. The Kier molecular flexibility index (Phi) is 18.1. The summed E-state index contributed by atoms with van der Waals surface area (Å²) < 4.78 is 0. The zero-order valence-electron chi connectivity index (χ0n) is 17.4. The van der Waals surface area contributed by atoms with Crippen molar-refractivity contribution >= 4 is 23.7 Å². The Morgan fingerprint density at radius 3 is 2.11 bits per heavy atom. The van der Waals surface area contributed by atoms with Crippen molar-refractivity contribution in [2.75, 3.05) is 6.54 Å². The van der Waals surface area contributed by atoms with E-state index in [1.54, 1.807) is 6.33 Å². The fourth-order valence-corrected chi connectivity index (χ4v) is 3.20. The van der Waals surface area contributed by atoms with Crippen molar-refractivity contribution in [2.24, 2.45) is 11.7 Å². The van der Waals surface area contributed by atoms with Gasteiger partial charge in [-0.15, -0.1) is 12.6 Å². The second kappa shape index (κ2) is 19.0. The zero-order chi connectivity index (χ0) is 21.0. The summed E-state index contributed by atoms with van der Waals surface area (Å²) in [7, 11) is 0. The van der Waals surface area contributed by atoms with Crippen molar-refractivity contribution in [3.8, 4) is 0 Å². The van der Waals surface area contributed by atoms with E-state index in [9.17, 15) is 9.59 Å². The van der Waals surface area contributed by atoms with Crippen LogP contribution in [0.5, 0.6) is 0 Å². The molecule has 28 heavy (non-hydrogen) atoms. The first-order valence-electron chi connectivity index (χ1n) is 10.6. The molecule has 0 aliphatic rings. The molecule has 0 saturated carbocycles. The van der Waals surface area contributed by atoms with Crippen molar-refractivity contribution in [3.63, 3.8) is 0 Å². The van der Waals surface area contributed by atoms with Gasteiger partial charge in [0.05, 0.1) is 18.4 Å². The lowest BCUT2D eigenvalue weighted by molar-refractivity contribution is -0.139. The Hall–Kier alpha value is -1.34. The minimum absolute atomic E-state index is 0.0836. The maximum atomic E-state index is 11.2. The van der Waals surface area contributed by atoms with Crippen molar-refractivity contribution in [3.05, 3.63) is 18.2 Å². The van der Waals surface area contributed by atoms with Crippen LogP contribution in [-0.4, -0.2) is 32.7 Å². The fourth-order valence-electron chi connectivity index (χ4n) is 2.98. The zero-order valence-corrected chi connectivity index (χ0v) is 18.3. The summed E-state index contributed by atoms with van der Waals surface area (Å²) in [5.41, 5.74) is 6.30. The number of H-pyrrole nitrogens is 1. The number of thiol groups is 1. The predicted molar refractivity (Wildman–Crippen MR) is 118 cm³/mol. The third kappa shape index (κ3) is 16.8. The van der Waals surface area contributed by atoms with Crippen molar-refractivity contribution in [1.82, 2.24) is 9.97 Å². The van der Waals surface area contributed by atoms with E-state index in [4.69, 9.17) is 10.8 Å². The van der Waals surface area contributed by atoms with E-state index in [0.29, 0.717) is 13.0 Å². The molecule has 4 N–H and O–H groups in total. The Morgan fingerprint density at radius 2 is 1.68 bits per heavy atom. The summed E-state index contributed by atoms with van der Waals surface area (Å²) in [5, 5.41) is 8.42. The highest BCUT2D eigenvalue weighted by atomic mass is 32.1. The highest BCUT2D eigenvalue weighted by Crippen LogP contribution is 2.18. The molecular formula is C21H39N3O3S. The van der Waals surface area contributed by atoms with Crippen LogP contribution in [0.3, 0.4) is 0 Å². The number of hydrogen-bond acceptors (Lipinski definition) is 4. The van der Waals surface area contributed by atoms with Gasteiger partial charge in [0.1, 0.15) is 0 Å². The summed E-state index contributed by atoms with van der Waals surface area (Å²) in [6.07, 6.45) is 17.4. The third-order valence-corrected chi connectivity index (χ3v) is 5.00. The molecule has 0 fully saturated rings. The second-order valence-corrected chi connectivity index (χ2v) is 7.64. The van der Waals surface area contributed by atoms with Gasteiger partial charge in [-0.3, -0.25) is 9.59 Å². The van der Waals surface area contributed by atoms with E-state index >= 15 is 0 Å². The lowest BCUT2D eigenvalue weighted by Crippen LogP contribution is -2.14. The van der Waals surface area contributed by atoms with Crippen molar-refractivity contribution in [2.45, 2.75) is 90.4 Å². The van der Waals surface area contributed by atoms with Gasteiger partial charge in [0.25, 0.3) is 0 Å². The van der Waals surface area contributed by atoms with Crippen LogP contribution in [0, 0.1) is 5.92 Å². The fraction of sp³-hybridized carbons (Fsp3) is 0.762. The van der Waals surface area contributed by atoms with Gasteiger partial charge < -0.3 is 15.8 Å². The summed E-state index contributed by atoms with van der Waals surface area (Å²) in [6, 6.07) is 0. The van der Waals surface area contributed by atoms with Gasteiger partial charge >= 0.3 is 5.97 Å². The largest absolute Gasteiger partial charge is 0.481 e. The average Bonchev–Trinajstić information content (AvgIpc) is 3.16. The van der Waals surface area contributed by atoms with Gasteiger partial charge in [-0.1, -0.05) is 71.1 Å². The minimum Gasteiger partial charge on any atom is -0.481 e. The number of imidazole rings is 1. The van der Waals surface area contributed by atoms with Crippen LogP contribution in [0.15, 0.2) is 12.5 Å². The predicted octanol–water partition coefficient (Wildman–Crippen LogP) is 4.76. The summed E-state index contributed by atoms with van der Waals surface area (Å²) in [5.74, 6) is -1.32. The molecule has 1 atom stereocenters. The minimum atomic E-state index is -0.913. The SMILES string of the molecule is CCCCCCCCCCCCC(CC(=O)O)C(=O)S.NCCc1c[nH]cn1. The molecule has 1 aromatic rings. The Morgan fingerprint density at radius 1 is 1.11 bits per heavy atom. The van der Waals surface area contributed by atoms with Crippen LogP contribution in [-0.2, 0) is 16.0 Å². The number of carboxylic acid groups (broad SMARTS) is 1. The first-order valence-corrected chi connectivity index (χ1v) is 11.1. The molecule has 6 nitrogen and oxygen atoms in total. The molecule has 7 heteroatoms. The lowest BCUT2D eigenvalue weighted by atomic mass is 9.98. The molecule has 0 aliphatic carbocycles. The molecule has 0 spiro atoms. The number of unbranched alkanes of at least 4 members (excludes halogenated alkanes) is 9. The van der Waals surface area contributed by atoms with Crippen LogP contribution in [0.2, 0.25) is 0 Å². The first kappa shape index (κ1) is 26.7. The highest BCUT2D eigenvalue weighted by molar-refractivity contribution is 7.96. The molecule has 1 unspecified atom stereocenters. The summed E-state index contributed by atoms with van der Waals surface area (Å²) in [6.45, 7) is 2.90. The van der Waals surface area contributed by atoms with Crippen LogP contribution in [0.4, 0.5) is 0 Å². The topological polar surface area (TPSA) is 109 Å². The van der Waals surface area contributed by atoms with Crippen LogP contribution >= 0.6 is 12.6 Å². The number of aromatic nitrogens is 2. The molecule has 0 aromatic carbocycles. The quantitative estimate of drug-likeness (QED) is 0.231. The molecule has 1 aromatic heterocycles. The molecule has 1 rings (SSSR count). The number of nitrogens with two attached hydrogens (primary N) is 1. The van der Waals surface area contributed by atoms with Crippen LogP contribution in [0.25, 0.3) is 0 Å². The smallest absolute Gasteiger partial charge is 0.304 e. The number of aromatic amines is 1. The van der Waals surface area contributed by atoms with E-state index < -0.39 is 11.9 Å². The molecule has 0 aliphatic heterocycles. The van der Waals surface area contributed by atoms with E-state index in [0.717, 1.165) is 25.0 Å². The maximum Gasteiger partial charge on any atom is 0.304 e. The molecule has 0 radical (unpaired) electrons. The standard InChI is InChI=1S/C16H30O3S.C5H9N3/c1-2-3-4-5-6-7-8-9-10-11-12-14(16(19)20)13-15(17)18;6-2-1-5-3-7-4-8-5/h14H,2-13H2,1H3,(H,17,18)(H,19,20);3-4H,1-2,6H2,(H,7,8). The van der Waals surface area contributed by atoms with Crippen LogP contribution in [0.1, 0.15) is 89.7 Å². The number of nitrogens with one attached hydrogen (secondary N) is 1. The number of carbonyl (C=O) groups excluding carboxylic acids is 1. The van der Waals surface area contributed by atoms with E-state index in [1.165, 1.54) is 51.4 Å². The number of nitrogens with zero attached hydrogens (tertiary/aromatic N) is 1. The molecule has 162 valence electrons. The second-order valence-electron chi connectivity index (χ2n) is 7.20. The Labute approximate surface area is 175 Å². The van der Waals surface area contributed by atoms with Gasteiger partial charge in [-0.2, -0.15) is 0 Å². The van der Waals surface area contributed by atoms with Crippen molar-refractivity contribution < 1.29 is 14.7 Å². The Bertz CT molecular complexity index is 495. The first-order chi connectivity index (χ1) is 13.5. The molecule has 1 heterocycles. The summed E-state index contributed by atoms with van der Waals surface area (Å²) in [4.78, 5) is 28.6. The normalized spacial score (nSPS) is 11.5. The van der Waals surface area contributed by atoms with Crippen molar-refractivity contribution in [1.29, 1.82) is 0 Å². The van der Waals surface area contributed by atoms with Crippen LogP contribution < -0.4 is 5.73 Å². The Balaban J connectivity index is 0.000000749. The summed E-state index contributed by atoms with van der Waals surface area (Å²) >= 11 is 3.76. The molecular weight excluding hydrogens is 374 g/mol. The van der Waals surface area contributed by atoms with E-state index in [2.05, 4.69) is 29.5 Å². The molecule has 0 bridgehead atoms. The maximum absolute atomic E-state index is 11.2. The number of hydrogen-bond donors (Lipinski definition) is 4. The van der Waals surface area contributed by atoms with E-state index in [1.807, 2.05) is 6.20 Å². The number of rotatable bonds is 16. The van der Waals surface area contributed by atoms with E-state index in [-0.39, 0.29) is 11.5 Å². The number of carboxylic acids is 1. The van der Waals surface area contributed by atoms with Gasteiger partial charge in [-0.25, -0.2) is 4.98 Å².